The number of hydrogen-bond acceptors (Lipinski definition) is 4. The van der Waals surface area contributed by atoms with Crippen LogP contribution in [0.15, 0.2) is 65.6 Å². The summed E-state index contributed by atoms with van der Waals surface area (Å²) in [5, 5.41) is 0.718. The van der Waals surface area contributed by atoms with E-state index in [9.17, 15) is 4.79 Å². The normalized spacial score (nSPS) is 15.5. The molecule has 0 saturated heterocycles. The van der Waals surface area contributed by atoms with Crippen molar-refractivity contribution in [1.29, 1.82) is 0 Å². The fourth-order valence-corrected chi connectivity index (χ4v) is 3.00. The summed E-state index contributed by atoms with van der Waals surface area (Å²) in [6.07, 6.45) is 1.51. The van der Waals surface area contributed by atoms with Gasteiger partial charge in [0.05, 0.1) is 6.54 Å². The van der Waals surface area contributed by atoms with Gasteiger partial charge in [-0.3, -0.25) is 9.36 Å². The first kappa shape index (κ1) is 15.7. The Morgan fingerprint density at radius 2 is 1.96 bits per heavy atom. The van der Waals surface area contributed by atoms with Crippen molar-refractivity contribution in [3.8, 4) is 22.9 Å². The van der Waals surface area contributed by atoms with Crippen LogP contribution in [0.2, 0.25) is 5.02 Å². The monoisotopic (exact) mass is 354 g/mol. The van der Waals surface area contributed by atoms with Gasteiger partial charge in [-0.15, -0.1) is 0 Å². The maximum atomic E-state index is 11.2. The summed E-state index contributed by atoms with van der Waals surface area (Å²) in [7, 11) is 0. The van der Waals surface area contributed by atoms with Crippen molar-refractivity contribution in [2.45, 2.75) is 12.6 Å². The van der Waals surface area contributed by atoms with E-state index >= 15 is 0 Å². The van der Waals surface area contributed by atoms with Crippen molar-refractivity contribution in [2.75, 3.05) is 6.61 Å². The van der Waals surface area contributed by atoms with Crippen LogP contribution in [0.4, 0.5) is 0 Å². The SMILES string of the molecule is O=c1ccn2c(n1)OC(COc1ccc(-c3ccccc3Cl)cc1)C2. The molecule has 0 radical (unpaired) electrons. The van der Waals surface area contributed by atoms with E-state index in [1.54, 1.807) is 10.8 Å². The number of hydrogen-bond donors (Lipinski definition) is 0. The first-order valence-corrected chi connectivity index (χ1v) is 8.29. The van der Waals surface area contributed by atoms with Gasteiger partial charge in [0.15, 0.2) is 6.10 Å². The molecule has 0 N–H and O–H groups in total. The molecule has 0 amide bonds. The lowest BCUT2D eigenvalue weighted by Gasteiger charge is -2.12. The largest absolute Gasteiger partial charge is 0.490 e. The van der Waals surface area contributed by atoms with Crippen LogP contribution in [-0.4, -0.2) is 22.3 Å². The summed E-state index contributed by atoms with van der Waals surface area (Å²) in [6.45, 7) is 0.989. The minimum atomic E-state index is -0.303. The van der Waals surface area contributed by atoms with Crippen LogP contribution >= 0.6 is 11.6 Å². The number of ether oxygens (including phenoxy) is 2. The van der Waals surface area contributed by atoms with Crippen LogP contribution in [0.5, 0.6) is 11.8 Å². The third kappa shape index (κ3) is 3.37. The quantitative estimate of drug-likeness (QED) is 0.720. The van der Waals surface area contributed by atoms with Crippen molar-refractivity contribution >= 4 is 11.6 Å². The molecule has 1 aliphatic heterocycles. The van der Waals surface area contributed by atoms with Crippen molar-refractivity contribution in [3.63, 3.8) is 0 Å². The summed E-state index contributed by atoms with van der Waals surface area (Å²) in [4.78, 5) is 15.1. The third-order valence-corrected chi connectivity index (χ3v) is 4.33. The van der Waals surface area contributed by atoms with Crippen molar-refractivity contribution in [1.82, 2.24) is 9.55 Å². The molecule has 1 aromatic heterocycles. The Morgan fingerprint density at radius 3 is 2.76 bits per heavy atom. The second-order valence-corrected chi connectivity index (χ2v) is 6.16. The Hall–Kier alpha value is -2.79. The highest BCUT2D eigenvalue weighted by Crippen LogP contribution is 2.29. The summed E-state index contributed by atoms with van der Waals surface area (Å²) in [5.41, 5.74) is 1.72. The van der Waals surface area contributed by atoms with Crippen LogP contribution in [-0.2, 0) is 6.54 Å². The minimum Gasteiger partial charge on any atom is -0.490 e. The van der Waals surface area contributed by atoms with Gasteiger partial charge in [0.25, 0.3) is 11.6 Å². The molecular formula is C19H15ClN2O3. The van der Waals surface area contributed by atoms with Gasteiger partial charge < -0.3 is 9.47 Å². The van der Waals surface area contributed by atoms with Crippen LogP contribution in [0, 0.1) is 0 Å². The Kier molecular flexibility index (Phi) is 4.15. The molecule has 2 heterocycles. The molecule has 0 aliphatic carbocycles. The molecule has 1 unspecified atom stereocenters. The molecule has 1 aliphatic rings. The number of halogens is 1. The summed E-state index contributed by atoms with van der Waals surface area (Å²) in [5.74, 6) is 0.748. The fourth-order valence-electron chi connectivity index (χ4n) is 2.75. The molecule has 0 saturated carbocycles. The molecule has 25 heavy (non-hydrogen) atoms. The van der Waals surface area contributed by atoms with Gasteiger partial charge in [-0.05, 0) is 23.8 Å². The Labute approximate surface area is 149 Å². The number of fused-ring (bicyclic) bond motifs is 1. The highest BCUT2D eigenvalue weighted by Gasteiger charge is 2.23. The second-order valence-electron chi connectivity index (χ2n) is 5.76. The molecule has 3 aromatic rings. The molecule has 0 spiro atoms. The zero-order chi connectivity index (χ0) is 17.2. The minimum absolute atomic E-state index is 0.169. The van der Waals surface area contributed by atoms with Gasteiger partial charge in [0.1, 0.15) is 12.4 Å². The first-order chi connectivity index (χ1) is 12.2. The zero-order valence-corrected chi connectivity index (χ0v) is 14.0. The molecule has 6 heteroatoms. The first-order valence-electron chi connectivity index (χ1n) is 7.91. The van der Waals surface area contributed by atoms with Gasteiger partial charge in [0.2, 0.25) is 0 Å². The van der Waals surface area contributed by atoms with E-state index in [1.807, 2.05) is 48.5 Å². The average molecular weight is 355 g/mol. The average Bonchev–Trinajstić information content (AvgIpc) is 3.03. The fraction of sp³-hybridized carbons (Fsp3) is 0.158. The van der Waals surface area contributed by atoms with E-state index in [1.165, 1.54) is 6.07 Å². The van der Waals surface area contributed by atoms with Crippen LogP contribution in [0.1, 0.15) is 0 Å². The van der Waals surface area contributed by atoms with Crippen LogP contribution in [0.25, 0.3) is 11.1 Å². The summed E-state index contributed by atoms with van der Waals surface area (Å²) >= 11 is 6.22. The van der Waals surface area contributed by atoms with Crippen molar-refractivity contribution < 1.29 is 9.47 Å². The van der Waals surface area contributed by atoms with Crippen LogP contribution in [0.3, 0.4) is 0 Å². The van der Waals surface area contributed by atoms with Gasteiger partial charge in [-0.1, -0.05) is 41.9 Å². The Bertz CT molecular complexity index is 953. The summed E-state index contributed by atoms with van der Waals surface area (Å²) < 4.78 is 13.2. The smallest absolute Gasteiger partial charge is 0.300 e. The Balaban J connectivity index is 1.40. The van der Waals surface area contributed by atoms with Crippen molar-refractivity contribution in [2.24, 2.45) is 0 Å². The Morgan fingerprint density at radius 1 is 1.16 bits per heavy atom. The molecular weight excluding hydrogens is 340 g/mol. The number of rotatable bonds is 4. The lowest BCUT2D eigenvalue weighted by atomic mass is 10.1. The predicted octanol–water partition coefficient (Wildman–Crippen LogP) is 3.40. The van der Waals surface area contributed by atoms with E-state index in [0.29, 0.717) is 19.2 Å². The van der Waals surface area contributed by atoms with E-state index in [0.717, 1.165) is 21.9 Å². The van der Waals surface area contributed by atoms with E-state index < -0.39 is 0 Å². The number of nitrogens with zero attached hydrogens (tertiary/aromatic N) is 2. The maximum absolute atomic E-state index is 11.2. The molecule has 2 aromatic carbocycles. The molecule has 0 bridgehead atoms. The second kappa shape index (κ2) is 6.61. The van der Waals surface area contributed by atoms with E-state index in [-0.39, 0.29) is 11.7 Å². The van der Waals surface area contributed by atoms with Crippen molar-refractivity contribution in [3.05, 3.63) is 76.2 Å². The van der Waals surface area contributed by atoms with Gasteiger partial charge in [0, 0.05) is 22.8 Å². The lowest BCUT2D eigenvalue weighted by Crippen LogP contribution is -2.23. The predicted molar refractivity (Wildman–Crippen MR) is 95.3 cm³/mol. The third-order valence-electron chi connectivity index (χ3n) is 4.00. The number of aromatic nitrogens is 2. The zero-order valence-electron chi connectivity index (χ0n) is 13.3. The lowest BCUT2D eigenvalue weighted by molar-refractivity contribution is 0.143. The molecule has 0 fully saturated rings. The van der Waals surface area contributed by atoms with Gasteiger partial charge >= 0.3 is 0 Å². The van der Waals surface area contributed by atoms with Crippen LogP contribution < -0.4 is 15.0 Å². The molecule has 1 atom stereocenters. The molecule has 4 rings (SSSR count). The van der Waals surface area contributed by atoms with Gasteiger partial charge in [-0.25, -0.2) is 0 Å². The van der Waals surface area contributed by atoms with Gasteiger partial charge in [-0.2, -0.15) is 4.98 Å². The highest BCUT2D eigenvalue weighted by molar-refractivity contribution is 6.33. The standard InChI is InChI=1S/C19H15ClN2O3/c20-17-4-2-1-3-16(17)13-5-7-14(8-6-13)24-12-15-11-22-10-9-18(23)21-19(22)25-15/h1-10,15H,11-12H2. The van der Waals surface area contributed by atoms with E-state index in [4.69, 9.17) is 21.1 Å². The highest BCUT2D eigenvalue weighted by atomic mass is 35.5. The maximum Gasteiger partial charge on any atom is 0.300 e. The molecule has 126 valence electrons. The number of benzene rings is 2. The van der Waals surface area contributed by atoms with E-state index in [2.05, 4.69) is 4.98 Å². The topological polar surface area (TPSA) is 53.4 Å². The summed E-state index contributed by atoms with van der Waals surface area (Å²) in [6, 6.07) is 17.2. The molecule has 5 nitrogen and oxygen atoms in total.